The number of ether oxygens (including phenoxy) is 4. The summed E-state index contributed by atoms with van der Waals surface area (Å²) in [4.78, 5) is 72.3. The summed E-state index contributed by atoms with van der Waals surface area (Å²) < 4.78 is 22.6. The number of benzene rings is 2. The fourth-order valence-electron chi connectivity index (χ4n) is 8.84. The van der Waals surface area contributed by atoms with Crippen LogP contribution < -0.4 is 10.6 Å². The molecule has 0 radical (unpaired) electrons. The van der Waals surface area contributed by atoms with Gasteiger partial charge in [-0.05, 0) is 62.5 Å². The Labute approximate surface area is 413 Å². The van der Waals surface area contributed by atoms with Crippen LogP contribution in [0, 0.1) is 11.8 Å². The van der Waals surface area contributed by atoms with Crippen molar-refractivity contribution in [1.82, 2.24) is 10.6 Å². The van der Waals surface area contributed by atoms with E-state index in [1.54, 1.807) is 6.08 Å². The molecule has 2 aliphatic heterocycles. The number of amides is 2. The summed E-state index contributed by atoms with van der Waals surface area (Å²) in [5.74, 6) is -1.44. The molecule has 2 heterocycles. The molecular weight excluding hydrogens is 873 g/mol. The van der Waals surface area contributed by atoms with Gasteiger partial charge in [0.25, 0.3) is 0 Å². The van der Waals surface area contributed by atoms with Crippen LogP contribution in [-0.4, -0.2) is 73.2 Å². The third kappa shape index (κ3) is 23.3. The van der Waals surface area contributed by atoms with Crippen LogP contribution in [0.3, 0.4) is 0 Å². The molecule has 0 aromatic heterocycles. The summed E-state index contributed by atoms with van der Waals surface area (Å²) in [6.07, 6.45) is 28.4. The highest BCUT2D eigenvalue weighted by Gasteiger charge is 2.44. The first kappa shape index (κ1) is 58.1. The summed E-state index contributed by atoms with van der Waals surface area (Å²) >= 11 is 0. The van der Waals surface area contributed by atoms with E-state index in [4.69, 9.17) is 18.9 Å². The number of cyclic esters (lactones) is 2. The van der Waals surface area contributed by atoms with E-state index in [9.17, 15) is 28.8 Å². The number of esters is 4. The van der Waals surface area contributed by atoms with Crippen LogP contribution in [0.1, 0.15) is 173 Å². The molecule has 12 nitrogen and oxygen atoms in total. The molecule has 2 N–H and O–H groups in total. The maximum absolute atomic E-state index is 13.1. The minimum atomic E-state index is -0.764. The van der Waals surface area contributed by atoms with Crippen LogP contribution in [0.2, 0.25) is 0 Å². The molecule has 2 saturated heterocycles. The van der Waals surface area contributed by atoms with Gasteiger partial charge in [0.1, 0.15) is 36.5 Å². The largest absolute Gasteiger partial charge is 0.461 e. The molecule has 0 bridgehead atoms. The molecule has 382 valence electrons. The lowest BCUT2D eigenvalue weighted by Crippen LogP contribution is -2.48. The minimum absolute atomic E-state index is 0.111. The SMILES string of the molecule is C=CCC[C@@H](C[C@@H]1OC(=O)[C@H]1CCCCCC)OC(=O)[C@H](Cc1ccccc1)NC=O.CCCCCCCC=CCC[C@@H](C[C@@H]1OC(=O)[C@H]1CCCCCC)OC(=O)[C@H](Cc1ccccc1)NC=O. The predicted octanol–water partition coefficient (Wildman–Crippen LogP) is 11.0. The van der Waals surface area contributed by atoms with Gasteiger partial charge in [-0.15, -0.1) is 6.58 Å². The van der Waals surface area contributed by atoms with Crippen LogP contribution in [0.15, 0.2) is 85.5 Å². The Bertz CT molecular complexity index is 1790. The van der Waals surface area contributed by atoms with Crippen molar-refractivity contribution in [1.29, 1.82) is 0 Å². The Balaban J connectivity index is 0.000000373. The van der Waals surface area contributed by atoms with Crippen molar-refractivity contribution in [3.8, 4) is 0 Å². The second-order valence-electron chi connectivity index (χ2n) is 18.6. The molecule has 0 aliphatic carbocycles. The van der Waals surface area contributed by atoms with Gasteiger partial charge in [0.15, 0.2) is 0 Å². The number of allylic oxidation sites excluding steroid dienone is 3. The smallest absolute Gasteiger partial charge is 0.329 e. The fraction of sp³-hybridized carbons (Fsp3) is 0.614. The van der Waals surface area contributed by atoms with E-state index < -0.39 is 30.1 Å². The van der Waals surface area contributed by atoms with Crippen LogP contribution in [-0.2, 0) is 60.6 Å². The van der Waals surface area contributed by atoms with Crippen LogP contribution in [0.4, 0.5) is 0 Å². The number of unbranched alkanes of at least 4 members (excludes halogenated alkanes) is 11. The fourth-order valence-corrected chi connectivity index (χ4v) is 8.84. The van der Waals surface area contributed by atoms with Crippen LogP contribution in [0.25, 0.3) is 0 Å². The highest BCUT2D eigenvalue weighted by molar-refractivity contribution is 5.80. The monoisotopic (exact) mass is 957 g/mol. The average molecular weight is 957 g/mol. The van der Waals surface area contributed by atoms with Crippen LogP contribution in [0.5, 0.6) is 0 Å². The quantitative estimate of drug-likeness (QED) is 0.0218. The van der Waals surface area contributed by atoms with Crippen LogP contribution >= 0.6 is 0 Å². The minimum Gasteiger partial charge on any atom is -0.461 e. The summed E-state index contributed by atoms with van der Waals surface area (Å²) in [7, 11) is 0. The molecule has 69 heavy (non-hydrogen) atoms. The first-order chi connectivity index (χ1) is 33.7. The second kappa shape index (κ2) is 35.8. The summed E-state index contributed by atoms with van der Waals surface area (Å²) in [5, 5.41) is 5.19. The summed E-state index contributed by atoms with van der Waals surface area (Å²) in [6.45, 7) is 10.3. The molecular formula is C57H84N2O10. The van der Waals surface area contributed by atoms with E-state index in [2.05, 4.69) is 50.1 Å². The predicted molar refractivity (Wildman–Crippen MR) is 271 cm³/mol. The van der Waals surface area contributed by atoms with E-state index in [0.29, 0.717) is 57.8 Å². The molecule has 2 aromatic carbocycles. The molecule has 2 fully saturated rings. The van der Waals surface area contributed by atoms with Gasteiger partial charge in [0, 0.05) is 25.7 Å². The van der Waals surface area contributed by atoms with Crippen molar-refractivity contribution in [2.75, 3.05) is 0 Å². The average Bonchev–Trinajstić information content (AvgIpc) is 3.35. The molecule has 0 unspecified atom stereocenters. The van der Waals surface area contributed by atoms with Gasteiger partial charge in [-0.3, -0.25) is 19.2 Å². The lowest BCUT2D eigenvalue weighted by Gasteiger charge is -2.37. The number of carbonyl (C=O) groups excluding carboxylic acids is 6. The Morgan fingerprint density at radius 1 is 0.580 bits per heavy atom. The van der Waals surface area contributed by atoms with E-state index in [-0.39, 0.29) is 42.1 Å². The normalized spacial score (nSPS) is 18.9. The number of hydrogen-bond donors (Lipinski definition) is 2. The van der Waals surface area contributed by atoms with Gasteiger partial charge in [0.2, 0.25) is 12.8 Å². The van der Waals surface area contributed by atoms with Gasteiger partial charge < -0.3 is 29.6 Å². The van der Waals surface area contributed by atoms with E-state index in [0.717, 1.165) is 75.3 Å². The third-order valence-corrected chi connectivity index (χ3v) is 13.0. The number of rotatable bonds is 38. The lowest BCUT2D eigenvalue weighted by atomic mass is 9.86. The van der Waals surface area contributed by atoms with Crippen molar-refractivity contribution < 1.29 is 47.7 Å². The summed E-state index contributed by atoms with van der Waals surface area (Å²) in [5.41, 5.74) is 1.88. The Hall–Kier alpha value is -5.26. The van der Waals surface area contributed by atoms with Crippen molar-refractivity contribution in [3.63, 3.8) is 0 Å². The zero-order chi connectivity index (χ0) is 49.9. The molecule has 0 spiro atoms. The second-order valence-corrected chi connectivity index (χ2v) is 18.6. The van der Waals surface area contributed by atoms with Crippen molar-refractivity contribution in [2.45, 2.75) is 211 Å². The first-order valence-corrected chi connectivity index (χ1v) is 26.2. The zero-order valence-corrected chi connectivity index (χ0v) is 42.0. The molecule has 2 aliphatic rings. The van der Waals surface area contributed by atoms with Crippen molar-refractivity contribution >= 4 is 36.7 Å². The topological polar surface area (TPSA) is 163 Å². The van der Waals surface area contributed by atoms with Crippen molar-refractivity contribution in [2.24, 2.45) is 11.8 Å². The van der Waals surface area contributed by atoms with E-state index in [1.165, 1.54) is 44.9 Å². The molecule has 8 atom stereocenters. The molecule has 2 amide bonds. The number of carbonyl (C=O) groups is 6. The standard InChI is InChI=1S/C32H49NO5.C25H35NO5/c1-3-5-7-9-10-11-12-13-17-21-27(24-30-28(31(35)38-30)22-18-8-6-4-2)37-32(36)29(33-25-34)23-26-19-15-14-16-20-26;1-3-5-7-11-15-21-23(31-24(21)28)17-20(14-6-4-2)30-25(29)22(26-18-27)16-19-12-9-8-10-13-19/h12-16,19-20,25,27-30H,3-11,17-18,21-24H2,1-2H3,(H,33,34);4,8-10,12-13,18,20-23H,2-3,5-7,11,14-17H2,1H3,(H,26,27)/t27-,28-,29-,30-;20-,21-,22-,23-/m00/s1. The highest BCUT2D eigenvalue weighted by Crippen LogP contribution is 2.34. The van der Waals surface area contributed by atoms with Crippen molar-refractivity contribution in [3.05, 3.63) is 96.6 Å². The van der Waals surface area contributed by atoms with Gasteiger partial charge in [0.05, 0.1) is 11.8 Å². The Morgan fingerprint density at radius 2 is 0.986 bits per heavy atom. The first-order valence-electron chi connectivity index (χ1n) is 26.2. The molecule has 4 rings (SSSR count). The molecule has 12 heteroatoms. The number of hydrogen-bond acceptors (Lipinski definition) is 10. The maximum atomic E-state index is 13.1. The number of nitrogens with one attached hydrogen (secondary N) is 2. The van der Waals surface area contributed by atoms with Gasteiger partial charge in [-0.25, -0.2) is 9.59 Å². The van der Waals surface area contributed by atoms with Gasteiger partial charge in [-0.2, -0.15) is 0 Å². The highest BCUT2D eigenvalue weighted by atomic mass is 16.6. The van der Waals surface area contributed by atoms with E-state index >= 15 is 0 Å². The Kier molecular flexibility index (Phi) is 30.1. The molecule has 2 aromatic rings. The van der Waals surface area contributed by atoms with Gasteiger partial charge >= 0.3 is 23.9 Å². The lowest BCUT2D eigenvalue weighted by molar-refractivity contribution is -0.191. The van der Waals surface area contributed by atoms with E-state index in [1.807, 2.05) is 60.7 Å². The Morgan fingerprint density at radius 3 is 1.39 bits per heavy atom. The summed E-state index contributed by atoms with van der Waals surface area (Å²) in [6, 6.07) is 17.5. The third-order valence-electron chi connectivity index (χ3n) is 13.0. The van der Waals surface area contributed by atoms with Gasteiger partial charge in [-0.1, -0.05) is 177 Å². The zero-order valence-electron chi connectivity index (χ0n) is 42.0. The maximum Gasteiger partial charge on any atom is 0.329 e. The molecule has 0 saturated carbocycles.